The second kappa shape index (κ2) is 5.06. The van der Waals surface area contributed by atoms with Gasteiger partial charge in [-0.15, -0.1) is 0 Å². The molecule has 0 aliphatic heterocycles. The topological polar surface area (TPSA) is 65.8 Å². The maximum Gasteiger partial charge on any atom is 0.255 e. The largest absolute Gasteiger partial charge is 0.321 e. The number of nitrogens with one attached hydrogen (secondary N) is 1. The van der Waals surface area contributed by atoms with E-state index in [9.17, 15) is 9.18 Å². The molecule has 0 saturated carbocycles. The summed E-state index contributed by atoms with van der Waals surface area (Å²) in [6.45, 7) is 0. The molecule has 0 spiro atoms. The number of nitriles is 1. The maximum atomic E-state index is 13.2. The Morgan fingerprint density at radius 3 is 2.89 bits per heavy atom. The summed E-state index contributed by atoms with van der Waals surface area (Å²) in [5.41, 5.74) is 0.701. The van der Waals surface area contributed by atoms with Crippen LogP contribution in [0.3, 0.4) is 0 Å². The fourth-order valence-corrected chi connectivity index (χ4v) is 1.43. The van der Waals surface area contributed by atoms with Crippen molar-refractivity contribution < 1.29 is 9.18 Å². The van der Waals surface area contributed by atoms with Gasteiger partial charge in [-0.1, -0.05) is 0 Å². The van der Waals surface area contributed by atoms with Crippen LogP contribution in [0.15, 0.2) is 42.7 Å². The minimum atomic E-state index is -0.620. The van der Waals surface area contributed by atoms with Gasteiger partial charge in [0.2, 0.25) is 0 Å². The Kier molecular flexibility index (Phi) is 3.30. The zero-order valence-corrected chi connectivity index (χ0v) is 9.22. The third-order valence-electron chi connectivity index (χ3n) is 2.21. The van der Waals surface area contributed by atoms with Gasteiger partial charge in [0.15, 0.2) is 0 Å². The molecule has 1 aromatic carbocycles. The average Bonchev–Trinajstić information content (AvgIpc) is 2.39. The number of pyridine rings is 1. The van der Waals surface area contributed by atoms with Crippen LogP contribution in [0.2, 0.25) is 0 Å². The SMILES string of the molecule is N#Cc1cc(F)cc(C(=O)Nc2cccnc2)c1. The van der Waals surface area contributed by atoms with Gasteiger partial charge in [-0.3, -0.25) is 9.78 Å². The normalized spacial score (nSPS) is 9.56. The highest BCUT2D eigenvalue weighted by Crippen LogP contribution is 2.11. The molecule has 5 heteroatoms. The highest BCUT2D eigenvalue weighted by Gasteiger charge is 2.09. The van der Waals surface area contributed by atoms with Gasteiger partial charge in [0, 0.05) is 11.8 Å². The lowest BCUT2D eigenvalue weighted by atomic mass is 10.1. The summed E-state index contributed by atoms with van der Waals surface area (Å²) < 4.78 is 13.2. The molecule has 4 nitrogen and oxygen atoms in total. The predicted octanol–water partition coefficient (Wildman–Crippen LogP) is 2.34. The third kappa shape index (κ3) is 2.68. The van der Waals surface area contributed by atoms with E-state index in [1.165, 1.54) is 12.3 Å². The first-order valence-electron chi connectivity index (χ1n) is 5.11. The van der Waals surface area contributed by atoms with E-state index in [1.54, 1.807) is 24.4 Å². The van der Waals surface area contributed by atoms with Crippen molar-refractivity contribution in [2.45, 2.75) is 0 Å². The number of carbonyl (C=O) groups is 1. The summed E-state index contributed by atoms with van der Waals surface area (Å²) in [5, 5.41) is 11.3. The summed E-state index contributed by atoms with van der Waals surface area (Å²) in [7, 11) is 0. The van der Waals surface area contributed by atoms with Crippen molar-refractivity contribution in [3.63, 3.8) is 0 Å². The van der Waals surface area contributed by atoms with Crippen LogP contribution in [0.25, 0.3) is 0 Å². The Labute approximate surface area is 103 Å². The molecule has 18 heavy (non-hydrogen) atoms. The van der Waals surface area contributed by atoms with Gasteiger partial charge in [0.25, 0.3) is 5.91 Å². The Balaban J connectivity index is 2.25. The molecule has 1 heterocycles. The molecule has 0 radical (unpaired) electrons. The van der Waals surface area contributed by atoms with Gasteiger partial charge in [-0.2, -0.15) is 5.26 Å². The van der Waals surface area contributed by atoms with E-state index < -0.39 is 11.7 Å². The number of anilines is 1. The highest BCUT2D eigenvalue weighted by atomic mass is 19.1. The lowest BCUT2D eigenvalue weighted by Crippen LogP contribution is -2.12. The summed E-state index contributed by atoms with van der Waals surface area (Å²) in [6.07, 6.45) is 3.05. The molecule has 0 unspecified atom stereocenters. The number of nitrogens with zero attached hydrogens (tertiary/aromatic N) is 2. The highest BCUT2D eigenvalue weighted by molar-refractivity contribution is 6.04. The fourth-order valence-electron chi connectivity index (χ4n) is 1.43. The number of halogens is 1. The molecule has 1 amide bonds. The van der Waals surface area contributed by atoms with Gasteiger partial charge in [0.1, 0.15) is 5.82 Å². The summed E-state index contributed by atoms with van der Waals surface area (Å²) in [6, 6.07) is 8.60. The number of rotatable bonds is 2. The molecule has 0 aliphatic carbocycles. The Morgan fingerprint density at radius 1 is 1.39 bits per heavy atom. The molecular formula is C13H8FN3O. The summed E-state index contributed by atoms with van der Waals surface area (Å²) in [4.78, 5) is 15.7. The average molecular weight is 241 g/mol. The van der Waals surface area contributed by atoms with E-state index in [-0.39, 0.29) is 11.1 Å². The molecule has 0 aliphatic rings. The lowest BCUT2D eigenvalue weighted by molar-refractivity contribution is 0.102. The molecule has 0 fully saturated rings. The van der Waals surface area contributed by atoms with Crippen LogP contribution in [-0.2, 0) is 0 Å². The molecular weight excluding hydrogens is 233 g/mol. The van der Waals surface area contributed by atoms with Crippen molar-refractivity contribution in [3.05, 3.63) is 59.7 Å². The molecule has 88 valence electrons. The van der Waals surface area contributed by atoms with Crippen molar-refractivity contribution in [3.8, 4) is 6.07 Å². The first-order chi connectivity index (χ1) is 8.69. The number of benzene rings is 1. The first-order valence-corrected chi connectivity index (χ1v) is 5.11. The van der Waals surface area contributed by atoms with Gasteiger partial charge in [-0.25, -0.2) is 4.39 Å². The molecule has 2 rings (SSSR count). The molecule has 0 saturated heterocycles. The molecule has 1 N–H and O–H groups in total. The Bertz CT molecular complexity index is 620. The summed E-state index contributed by atoms with van der Waals surface area (Å²) in [5.74, 6) is -1.11. The second-order valence-electron chi connectivity index (χ2n) is 3.54. The maximum absolute atomic E-state index is 13.2. The van der Waals surface area contributed by atoms with Crippen LogP contribution >= 0.6 is 0 Å². The van der Waals surface area contributed by atoms with Crippen LogP contribution in [0, 0.1) is 17.1 Å². The van der Waals surface area contributed by atoms with Crippen LogP contribution in [0.5, 0.6) is 0 Å². The fraction of sp³-hybridized carbons (Fsp3) is 0. The van der Waals surface area contributed by atoms with E-state index in [4.69, 9.17) is 5.26 Å². The number of hydrogen-bond donors (Lipinski definition) is 1. The number of carbonyl (C=O) groups excluding carboxylic acids is 1. The van der Waals surface area contributed by atoms with E-state index in [0.717, 1.165) is 12.1 Å². The number of amides is 1. The Hall–Kier alpha value is -2.74. The van der Waals surface area contributed by atoms with Gasteiger partial charge in [0.05, 0.1) is 23.5 Å². The van der Waals surface area contributed by atoms with Crippen LogP contribution in [0.1, 0.15) is 15.9 Å². The lowest BCUT2D eigenvalue weighted by Gasteiger charge is -2.04. The smallest absolute Gasteiger partial charge is 0.255 e. The predicted molar refractivity (Wildman–Crippen MR) is 63.3 cm³/mol. The second-order valence-corrected chi connectivity index (χ2v) is 3.54. The monoisotopic (exact) mass is 241 g/mol. The molecule has 1 aromatic heterocycles. The number of hydrogen-bond acceptors (Lipinski definition) is 3. The van der Waals surface area contributed by atoms with Crippen LogP contribution < -0.4 is 5.32 Å². The Morgan fingerprint density at radius 2 is 2.22 bits per heavy atom. The van der Waals surface area contributed by atoms with E-state index in [1.807, 2.05) is 0 Å². The molecule has 0 atom stereocenters. The van der Waals surface area contributed by atoms with Gasteiger partial charge >= 0.3 is 0 Å². The van der Waals surface area contributed by atoms with E-state index in [2.05, 4.69) is 10.3 Å². The van der Waals surface area contributed by atoms with Gasteiger partial charge < -0.3 is 5.32 Å². The van der Waals surface area contributed by atoms with Crippen molar-refractivity contribution in [2.75, 3.05) is 5.32 Å². The number of aromatic nitrogens is 1. The minimum absolute atomic E-state index is 0.0930. The first kappa shape index (κ1) is 11.7. The van der Waals surface area contributed by atoms with Crippen molar-refractivity contribution in [1.29, 1.82) is 5.26 Å². The molecule has 2 aromatic rings. The summed E-state index contributed by atoms with van der Waals surface area (Å²) >= 11 is 0. The van der Waals surface area contributed by atoms with Gasteiger partial charge in [-0.05, 0) is 30.3 Å². The van der Waals surface area contributed by atoms with Crippen molar-refractivity contribution >= 4 is 11.6 Å². The third-order valence-corrected chi connectivity index (χ3v) is 2.21. The van der Waals surface area contributed by atoms with E-state index in [0.29, 0.717) is 5.69 Å². The standard InChI is InChI=1S/C13H8FN3O/c14-11-5-9(7-15)4-10(6-11)13(18)17-12-2-1-3-16-8-12/h1-6,8H,(H,17,18). The van der Waals surface area contributed by atoms with Crippen LogP contribution in [-0.4, -0.2) is 10.9 Å². The zero-order chi connectivity index (χ0) is 13.0. The molecule has 0 bridgehead atoms. The minimum Gasteiger partial charge on any atom is -0.321 e. The zero-order valence-electron chi connectivity index (χ0n) is 9.22. The van der Waals surface area contributed by atoms with Crippen LogP contribution in [0.4, 0.5) is 10.1 Å². The van der Waals surface area contributed by atoms with E-state index >= 15 is 0 Å². The van der Waals surface area contributed by atoms with Crippen molar-refractivity contribution in [1.82, 2.24) is 4.98 Å². The van der Waals surface area contributed by atoms with Crippen molar-refractivity contribution in [2.24, 2.45) is 0 Å². The quantitative estimate of drug-likeness (QED) is 0.877.